The standard InChI is InChI=1S/C20H19N3O4S/c1-12(24)21-19-18(14-6-2-3-7-15(14)28-19)20(26)27-11-13-10-17(25)23-9-5-4-8-16(23)22-13/h4-5,8-10H,2-3,6-7,11H2,1H3,(H,21,24). The molecule has 0 spiro atoms. The van der Waals surface area contributed by atoms with Crippen molar-refractivity contribution in [1.82, 2.24) is 9.38 Å². The first-order chi connectivity index (χ1) is 13.5. The Bertz CT molecular complexity index is 1130. The number of carbonyl (C=O) groups is 2. The second kappa shape index (κ2) is 7.55. The van der Waals surface area contributed by atoms with Crippen molar-refractivity contribution in [1.29, 1.82) is 0 Å². The number of nitrogens with zero attached hydrogens (tertiary/aromatic N) is 2. The Hall–Kier alpha value is -3.00. The summed E-state index contributed by atoms with van der Waals surface area (Å²) < 4.78 is 6.90. The van der Waals surface area contributed by atoms with Crippen LogP contribution in [0.25, 0.3) is 5.65 Å². The molecule has 0 unspecified atom stereocenters. The molecule has 0 aliphatic heterocycles. The number of anilines is 1. The van der Waals surface area contributed by atoms with E-state index in [2.05, 4.69) is 10.3 Å². The van der Waals surface area contributed by atoms with Gasteiger partial charge in [0.05, 0.1) is 11.3 Å². The zero-order chi connectivity index (χ0) is 19.7. The van der Waals surface area contributed by atoms with Crippen LogP contribution in [0.2, 0.25) is 0 Å². The van der Waals surface area contributed by atoms with Crippen molar-refractivity contribution >= 4 is 33.9 Å². The molecule has 28 heavy (non-hydrogen) atoms. The number of fused-ring (bicyclic) bond motifs is 2. The Morgan fingerprint density at radius 1 is 1.29 bits per heavy atom. The molecule has 1 aliphatic rings. The predicted octanol–water partition coefficient (Wildman–Crippen LogP) is 2.95. The normalized spacial score (nSPS) is 13.2. The highest BCUT2D eigenvalue weighted by molar-refractivity contribution is 7.17. The van der Waals surface area contributed by atoms with E-state index in [-0.39, 0.29) is 18.1 Å². The number of esters is 1. The molecule has 8 heteroatoms. The van der Waals surface area contributed by atoms with Gasteiger partial charge in [0.15, 0.2) is 0 Å². The van der Waals surface area contributed by atoms with Gasteiger partial charge in [-0.3, -0.25) is 14.0 Å². The monoisotopic (exact) mass is 397 g/mol. The summed E-state index contributed by atoms with van der Waals surface area (Å²) in [5.41, 5.74) is 2.05. The smallest absolute Gasteiger partial charge is 0.341 e. The van der Waals surface area contributed by atoms with E-state index in [9.17, 15) is 14.4 Å². The van der Waals surface area contributed by atoms with Gasteiger partial charge in [0.2, 0.25) is 5.91 Å². The zero-order valence-electron chi connectivity index (χ0n) is 15.4. The van der Waals surface area contributed by atoms with Crippen LogP contribution >= 0.6 is 11.3 Å². The molecular formula is C20H19N3O4S. The highest BCUT2D eigenvalue weighted by atomic mass is 32.1. The minimum absolute atomic E-state index is 0.108. The number of amides is 1. The Kier molecular flexibility index (Phi) is 4.95. The topological polar surface area (TPSA) is 89.8 Å². The number of hydrogen-bond acceptors (Lipinski definition) is 6. The van der Waals surface area contributed by atoms with Gasteiger partial charge in [-0.1, -0.05) is 6.07 Å². The minimum atomic E-state index is -0.502. The SMILES string of the molecule is CC(=O)Nc1sc2c(c1C(=O)OCc1cc(=O)n3ccccc3n1)CCCC2. The third-order valence-corrected chi connectivity index (χ3v) is 5.85. The van der Waals surface area contributed by atoms with E-state index < -0.39 is 5.97 Å². The summed E-state index contributed by atoms with van der Waals surface area (Å²) in [6.07, 6.45) is 5.42. The number of pyridine rings is 1. The third-order valence-electron chi connectivity index (χ3n) is 4.64. The van der Waals surface area contributed by atoms with Gasteiger partial charge in [0, 0.05) is 24.1 Å². The van der Waals surface area contributed by atoms with Gasteiger partial charge in [0.25, 0.3) is 5.56 Å². The molecule has 0 bridgehead atoms. The highest BCUT2D eigenvalue weighted by Crippen LogP contribution is 2.38. The molecule has 0 saturated heterocycles. The molecule has 3 aromatic heterocycles. The van der Waals surface area contributed by atoms with Crippen LogP contribution in [0.4, 0.5) is 5.00 Å². The summed E-state index contributed by atoms with van der Waals surface area (Å²) in [6, 6.07) is 6.61. The van der Waals surface area contributed by atoms with Crippen molar-refractivity contribution in [2.75, 3.05) is 5.32 Å². The molecule has 4 rings (SSSR count). The van der Waals surface area contributed by atoms with Crippen LogP contribution in [0, 0.1) is 0 Å². The van der Waals surface area contributed by atoms with Gasteiger partial charge in [-0.25, -0.2) is 9.78 Å². The largest absolute Gasteiger partial charge is 0.455 e. The minimum Gasteiger partial charge on any atom is -0.455 e. The summed E-state index contributed by atoms with van der Waals surface area (Å²) >= 11 is 1.44. The Labute approximate surface area is 165 Å². The molecule has 1 N–H and O–H groups in total. The maximum atomic E-state index is 12.8. The van der Waals surface area contributed by atoms with Crippen molar-refractivity contribution in [3.05, 3.63) is 62.5 Å². The first kappa shape index (κ1) is 18.4. The molecule has 0 atom stereocenters. The second-order valence-electron chi connectivity index (χ2n) is 6.69. The van der Waals surface area contributed by atoms with Crippen LogP contribution in [-0.2, 0) is 29.0 Å². The van der Waals surface area contributed by atoms with Crippen LogP contribution in [0.15, 0.2) is 35.3 Å². The van der Waals surface area contributed by atoms with Crippen LogP contribution < -0.4 is 10.9 Å². The van der Waals surface area contributed by atoms with Gasteiger partial charge in [-0.05, 0) is 43.4 Å². The Morgan fingerprint density at radius 3 is 2.93 bits per heavy atom. The molecular weight excluding hydrogens is 378 g/mol. The van der Waals surface area contributed by atoms with Gasteiger partial charge in [-0.15, -0.1) is 11.3 Å². The molecule has 1 amide bonds. The molecule has 0 fully saturated rings. The molecule has 0 aromatic carbocycles. The number of ether oxygens (including phenoxy) is 1. The van der Waals surface area contributed by atoms with Gasteiger partial charge in [-0.2, -0.15) is 0 Å². The Morgan fingerprint density at radius 2 is 2.11 bits per heavy atom. The maximum absolute atomic E-state index is 12.8. The lowest BCUT2D eigenvalue weighted by Gasteiger charge is -2.12. The van der Waals surface area contributed by atoms with E-state index in [0.29, 0.717) is 21.9 Å². The van der Waals surface area contributed by atoms with Crippen LogP contribution in [0.5, 0.6) is 0 Å². The van der Waals surface area contributed by atoms with Crippen LogP contribution in [-0.4, -0.2) is 21.3 Å². The van der Waals surface area contributed by atoms with Gasteiger partial charge in [0.1, 0.15) is 17.3 Å². The second-order valence-corrected chi connectivity index (χ2v) is 7.79. The lowest BCUT2D eigenvalue weighted by Crippen LogP contribution is -2.17. The number of rotatable bonds is 4. The molecule has 0 saturated carbocycles. The van der Waals surface area contributed by atoms with Crippen molar-refractivity contribution in [2.24, 2.45) is 0 Å². The fraction of sp³-hybridized carbons (Fsp3) is 0.300. The first-order valence-electron chi connectivity index (χ1n) is 9.09. The lowest BCUT2D eigenvalue weighted by atomic mass is 9.95. The molecule has 3 aromatic rings. The molecule has 7 nitrogen and oxygen atoms in total. The van der Waals surface area contributed by atoms with E-state index in [1.165, 1.54) is 28.7 Å². The first-order valence-corrected chi connectivity index (χ1v) is 9.91. The van der Waals surface area contributed by atoms with Crippen molar-refractivity contribution < 1.29 is 14.3 Å². The zero-order valence-corrected chi connectivity index (χ0v) is 16.2. The molecule has 3 heterocycles. The third kappa shape index (κ3) is 3.55. The predicted molar refractivity (Wildman–Crippen MR) is 106 cm³/mol. The van der Waals surface area contributed by atoms with Crippen LogP contribution in [0.1, 0.15) is 46.3 Å². The number of carbonyl (C=O) groups excluding carboxylic acids is 2. The van der Waals surface area contributed by atoms with Gasteiger partial charge >= 0.3 is 5.97 Å². The summed E-state index contributed by atoms with van der Waals surface area (Å²) in [7, 11) is 0. The average Bonchev–Trinajstić information content (AvgIpc) is 3.03. The molecule has 144 valence electrons. The number of nitrogens with one attached hydrogen (secondary N) is 1. The highest BCUT2D eigenvalue weighted by Gasteiger charge is 2.27. The van der Waals surface area contributed by atoms with Crippen molar-refractivity contribution in [3.8, 4) is 0 Å². The summed E-state index contributed by atoms with van der Waals surface area (Å²) in [5, 5.41) is 3.29. The Balaban J connectivity index is 1.60. The number of thiophene rings is 1. The fourth-order valence-corrected chi connectivity index (χ4v) is 4.74. The quantitative estimate of drug-likeness (QED) is 0.684. The number of hydrogen-bond donors (Lipinski definition) is 1. The van der Waals surface area contributed by atoms with E-state index in [1.807, 2.05) is 0 Å². The van der Waals surface area contributed by atoms with E-state index in [4.69, 9.17) is 4.74 Å². The summed E-state index contributed by atoms with van der Waals surface area (Å²) in [4.78, 5) is 42.0. The average molecular weight is 397 g/mol. The van der Waals surface area contributed by atoms with Gasteiger partial charge < -0.3 is 10.1 Å². The van der Waals surface area contributed by atoms with E-state index >= 15 is 0 Å². The molecule has 0 radical (unpaired) electrons. The van der Waals surface area contributed by atoms with E-state index in [0.717, 1.165) is 36.1 Å². The van der Waals surface area contributed by atoms with Crippen molar-refractivity contribution in [3.63, 3.8) is 0 Å². The van der Waals surface area contributed by atoms with Crippen molar-refractivity contribution in [2.45, 2.75) is 39.2 Å². The number of aromatic nitrogens is 2. The van der Waals surface area contributed by atoms with E-state index in [1.54, 1.807) is 24.4 Å². The maximum Gasteiger partial charge on any atom is 0.341 e. The molecule has 1 aliphatic carbocycles. The fourth-order valence-electron chi connectivity index (χ4n) is 3.42. The number of aryl methyl sites for hydroxylation is 1. The summed E-state index contributed by atoms with van der Waals surface area (Å²) in [5.74, 6) is -0.727. The van der Waals surface area contributed by atoms with Crippen LogP contribution in [0.3, 0.4) is 0 Å². The summed E-state index contributed by atoms with van der Waals surface area (Å²) in [6.45, 7) is 1.31. The lowest BCUT2D eigenvalue weighted by molar-refractivity contribution is -0.114.